The maximum atomic E-state index is 13.4. The van der Waals surface area contributed by atoms with Crippen molar-refractivity contribution in [1.82, 2.24) is 5.32 Å². The summed E-state index contributed by atoms with van der Waals surface area (Å²) in [4.78, 5) is 13.4. The second kappa shape index (κ2) is 56.7. The summed E-state index contributed by atoms with van der Waals surface area (Å²) in [6, 6.07) is -0.994. The molecule has 3 heterocycles. The van der Waals surface area contributed by atoms with E-state index in [-0.39, 0.29) is 18.9 Å². The third kappa shape index (κ3) is 37.4. The van der Waals surface area contributed by atoms with Crippen LogP contribution in [0.4, 0.5) is 0 Å². The molecule has 3 saturated heterocycles. The number of nitrogens with one attached hydrogen (secondary N) is 1. The summed E-state index contributed by atoms with van der Waals surface area (Å²) in [5.74, 6) is -0.286. The van der Waals surface area contributed by atoms with Crippen molar-refractivity contribution in [2.45, 2.75) is 407 Å². The van der Waals surface area contributed by atoms with Gasteiger partial charge in [0.15, 0.2) is 18.9 Å². The first kappa shape index (κ1) is 86.2. The minimum Gasteiger partial charge on any atom is -0.394 e. The summed E-state index contributed by atoms with van der Waals surface area (Å²) < 4.78 is 34.3. The zero-order valence-corrected chi connectivity index (χ0v) is 58.7. The molecule has 0 aromatic rings. The number of unbranched alkanes of at least 4 members (excludes halogenated alkanes) is 40. The first-order valence-electron chi connectivity index (χ1n) is 38.2. The third-order valence-corrected chi connectivity index (χ3v) is 19.2. The molecule has 3 aliphatic rings. The minimum absolute atomic E-state index is 0.236. The lowest BCUT2D eigenvalue weighted by Crippen LogP contribution is -2.66. The number of ether oxygens (including phenoxy) is 6. The molecule has 94 heavy (non-hydrogen) atoms. The molecule has 17 atom stereocenters. The van der Waals surface area contributed by atoms with Crippen LogP contribution in [-0.4, -0.2) is 193 Å². The molecular formula is C75H139NO18. The molecule has 0 radical (unpaired) electrons. The van der Waals surface area contributed by atoms with Gasteiger partial charge >= 0.3 is 0 Å². The first-order valence-corrected chi connectivity index (χ1v) is 38.2. The fraction of sp³-hybridized carbons (Fsp3) is 0.907. The highest BCUT2D eigenvalue weighted by molar-refractivity contribution is 5.76. The molecule has 3 rings (SSSR count). The molecule has 1 amide bonds. The molecule has 552 valence electrons. The lowest BCUT2D eigenvalue weighted by molar-refractivity contribution is -0.379. The van der Waals surface area contributed by atoms with Crippen molar-refractivity contribution in [1.29, 1.82) is 0 Å². The normalized spacial score (nSPS) is 27.5. The Kier molecular flexibility index (Phi) is 52.0. The van der Waals surface area contributed by atoms with Gasteiger partial charge < -0.3 is 89.9 Å². The molecule has 17 unspecified atom stereocenters. The zero-order valence-electron chi connectivity index (χ0n) is 58.7. The Morgan fingerprint density at radius 3 is 1.06 bits per heavy atom. The number of rotatable bonds is 60. The third-order valence-electron chi connectivity index (χ3n) is 19.2. The molecule has 3 fully saturated rings. The molecule has 3 aliphatic heterocycles. The number of allylic oxidation sites excluding steroid dienone is 5. The van der Waals surface area contributed by atoms with Gasteiger partial charge in [-0.2, -0.15) is 0 Å². The highest BCUT2D eigenvalue weighted by Gasteiger charge is 2.53. The number of carbonyl (C=O) groups excluding carboxylic acids is 1. The average Bonchev–Trinajstić information content (AvgIpc) is 0.787. The van der Waals surface area contributed by atoms with Crippen molar-refractivity contribution in [2.75, 3.05) is 26.4 Å². The van der Waals surface area contributed by atoms with Crippen molar-refractivity contribution in [3.63, 3.8) is 0 Å². The summed E-state index contributed by atoms with van der Waals surface area (Å²) in [7, 11) is 0. The van der Waals surface area contributed by atoms with Gasteiger partial charge in [0.25, 0.3) is 0 Å². The molecule has 0 aliphatic carbocycles. The standard InChI is InChI=1S/C75H139NO18/c1-3-5-7-9-11-13-15-17-18-19-20-21-22-23-24-25-26-27-28-29-30-31-32-33-34-35-36-37-38-39-41-43-45-47-49-51-53-63(81)76-58(59(80)52-50-48-46-44-42-40-16-14-12-10-8-6-4-2)57-89-73-69(87)66(84)71(61(55-78)91-73)94-75-70(88)67(85)72(62(56-79)92-75)93-74-68(86)65(83)64(82)60(54-77)90-74/h12,14,42,44,50,52,58-62,64-75,77-80,82-88H,3-11,13,15-41,43,45-49,51,53-57H2,1-2H3,(H,76,81)/b14-12+,44-42+,52-50+. The molecule has 0 saturated carbocycles. The Balaban J connectivity index is 1.31. The first-order chi connectivity index (χ1) is 45.8. The second-order valence-electron chi connectivity index (χ2n) is 27.5. The fourth-order valence-corrected chi connectivity index (χ4v) is 13.0. The molecule has 0 spiro atoms. The maximum absolute atomic E-state index is 13.4. The number of aliphatic hydroxyl groups excluding tert-OH is 11. The SMILES string of the molecule is CCCCC/C=C/CC/C=C/CC/C=C/C(O)C(COC1OC(CO)C(OC2OC(CO)C(OC3OC(CO)C(O)C(O)C3O)C(O)C2O)C(O)C1O)NC(=O)CCCCCCCCCCCCCCCCCCCCCCCCCCCCCCCCCCCCCC. The van der Waals surface area contributed by atoms with Crippen LogP contribution in [0.15, 0.2) is 36.5 Å². The Hall–Kier alpha value is -1.99. The van der Waals surface area contributed by atoms with Crippen LogP contribution in [0.2, 0.25) is 0 Å². The van der Waals surface area contributed by atoms with Crippen molar-refractivity contribution in [3.8, 4) is 0 Å². The van der Waals surface area contributed by atoms with E-state index in [1.807, 2.05) is 6.08 Å². The molecule has 0 aromatic heterocycles. The van der Waals surface area contributed by atoms with Crippen LogP contribution in [0, 0.1) is 0 Å². The highest BCUT2D eigenvalue weighted by Crippen LogP contribution is 2.33. The molecular weight excluding hydrogens is 1200 g/mol. The lowest BCUT2D eigenvalue weighted by atomic mass is 9.96. The predicted octanol–water partition coefficient (Wildman–Crippen LogP) is 11.6. The van der Waals surface area contributed by atoms with Gasteiger partial charge in [0.2, 0.25) is 5.91 Å². The van der Waals surface area contributed by atoms with Gasteiger partial charge in [-0.3, -0.25) is 4.79 Å². The fourth-order valence-electron chi connectivity index (χ4n) is 13.0. The topological polar surface area (TPSA) is 307 Å². The molecule has 0 aromatic carbocycles. The monoisotopic (exact) mass is 1340 g/mol. The Morgan fingerprint density at radius 1 is 0.372 bits per heavy atom. The largest absolute Gasteiger partial charge is 0.394 e. The van der Waals surface area contributed by atoms with Gasteiger partial charge in [-0.25, -0.2) is 0 Å². The van der Waals surface area contributed by atoms with Crippen LogP contribution in [0.3, 0.4) is 0 Å². The van der Waals surface area contributed by atoms with E-state index in [0.717, 1.165) is 44.9 Å². The minimum atomic E-state index is -1.98. The Bertz CT molecular complexity index is 1840. The van der Waals surface area contributed by atoms with Gasteiger partial charge in [0, 0.05) is 6.42 Å². The van der Waals surface area contributed by atoms with Gasteiger partial charge in [0.1, 0.15) is 73.2 Å². The predicted molar refractivity (Wildman–Crippen MR) is 369 cm³/mol. The van der Waals surface area contributed by atoms with Crippen molar-refractivity contribution < 1.29 is 89.4 Å². The Morgan fingerprint density at radius 2 is 0.681 bits per heavy atom. The number of amides is 1. The van der Waals surface area contributed by atoms with Gasteiger partial charge in [-0.1, -0.05) is 288 Å². The van der Waals surface area contributed by atoms with E-state index in [0.29, 0.717) is 12.8 Å². The van der Waals surface area contributed by atoms with E-state index in [9.17, 15) is 61.0 Å². The maximum Gasteiger partial charge on any atom is 0.220 e. The quantitative estimate of drug-likeness (QED) is 0.0199. The smallest absolute Gasteiger partial charge is 0.220 e. The summed E-state index contributed by atoms with van der Waals surface area (Å²) in [6.07, 6.45) is 41.8. The van der Waals surface area contributed by atoms with E-state index in [1.165, 1.54) is 225 Å². The van der Waals surface area contributed by atoms with Gasteiger partial charge in [0.05, 0.1) is 38.6 Å². The molecule has 19 nitrogen and oxygen atoms in total. The summed E-state index contributed by atoms with van der Waals surface area (Å²) in [6.45, 7) is 1.69. The molecule has 12 N–H and O–H groups in total. The molecule has 19 heteroatoms. The van der Waals surface area contributed by atoms with Gasteiger partial charge in [-0.05, 0) is 44.9 Å². The summed E-state index contributed by atoms with van der Waals surface area (Å²) in [5, 5.41) is 120. The van der Waals surface area contributed by atoms with Crippen LogP contribution in [0.5, 0.6) is 0 Å². The van der Waals surface area contributed by atoms with Crippen LogP contribution < -0.4 is 5.32 Å². The van der Waals surface area contributed by atoms with E-state index in [2.05, 4.69) is 43.5 Å². The van der Waals surface area contributed by atoms with Crippen molar-refractivity contribution in [2.24, 2.45) is 0 Å². The number of aliphatic hydroxyl groups is 11. The van der Waals surface area contributed by atoms with Crippen molar-refractivity contribution in [3.05, 3.63) is 36.5 Å². The second-order valence-corrected chi connectivity index (χ2v) is 27.5. The zero-order chi connectivity index (χ0) is 68.2. The van der Waals surface area contributed by atoms with Crippen LogP contribution in [0.25, 0.3) is 0 Å². The van der Waals surface area contributed by atoms with E-state index in [1.54, 1.807) is 6.08 Å². The van der Waals surface area contributed by atoms with E-state index < -0.39 is 124 Å². The lowest BCUT2D eigenvalue weighted by Gasteiger charge is -2.48. The van der Waals surface area contributed by atoms with Crippen LogP contribution in [0.1, 0.15) is 303 Å². The Labute approximate surface area is 568 Å². The number of carbonyl (C=O) groups is 1. The number of hydrogen-bond donors (Lipinski definition) is 12. The average molecular weight is 1340 g/mol. The summed E-state index contributed by atoms with van der Waals surface area (Å²) >= 11 is 0. The van der Waals surface area contributed by atoms with E-state index >= 15 is 0 Å². The van der Waals surface area contributed by atoms with Crippen LogP contribution >= 0.6 is 0 Å². The van der Waals surface area contributed by atoms with Crippen molar-refractivity contribution >= 4 is 5.91 Å². The van der Waals surface area contributed by atoms with Crippen LogP contribution in [-0.2, 0) is 33.2 Å². The summed E-state index contributed by atoms with van der Waals surface area (Å²) in [5.41, 5.74) is 0. The molecule has 0 bridgehead atoms. The highest BCUT2D eigenvalue weighted by atomic mass is 16.8. The van der Waals surface area contributed by atoms with Gasteiger partial charge in [-0.15, -0.1) is 0 Å². The van der Waals surface area contributed by atoms with E-state index in [4.69, 9.17) is 28.4 Å². The number of hydrogen-bond acceptors (Lipinski definition) is 18.